The van der Waals surface area contributed by atoms with E-state index in [0.717, 1.165) is 41.9 Å². The molecule has 2 rings (SSSR count). The highest BCUT2D eigenvalue weighted by atomic mass is 32.2. The topological polar surface area (TPSA) is 66.3 Å². The monoisotopic (exact) mass is 367 g/mol. The summed E-state index contributed by atoms with van der Waals surface area (Å²) in [5.74, 6) is 4.20. The molecule has 140 valence electrons. The predicted molar refractivity (Wildman–Crippen MR) is 104 cm³/mol. The number of nitrogens with one attached hydrogen (secondary N) is 1. The minimum atomic E-state index is -0.661. The average molecular weight is 368 g/mol. The summed E-state index contributed by atoms with van der Waals surface area (Å²) in [6.45, 7) is 4.51. The lowest BCUT2D eigenvalue weighted by atomic mass is 10.1. The van der Waals surface area contributed by atoms with Crippen LogP contribution in [0.1, 0.15) is 13.3 Å². The van der Waals surface area contributed by atoms with Crippen molar-refractivity contribution in [1.82, 2.24) is 10.2 Å². The third-order valence-corrected chi connectivity index (χ3v) is 5.29. The molecule has 0 radical (unpaired) electrons. The Morgan fingerprint density at radius 3 is 2.68 bits per heavy atom. The quantitative estimate of drug-likeness (QED) is 0.540. The molecule has 1 heterocycles. The second kappa shape index (κ2) is 9.77. The number of benzene rings is 1. The Hall–Kier alpha value is -1.60. The van der Waals surface area contributed by atoms with Gasteiger partial charge in [0.05, 0.1) is 25.8 Å². The standard InChI is InChI=1S/C18H29N3O3S/c1-4-19-17(20-13-18(22)9-12-25-14-18)21(2)10-11-24-16-7-5-15(23-3)6-8-16/h5-8,22H,4,9-14H2,1-3H3,(H,19,20). The predicted octanol–water partition coefficient (Wildman–Crippen LogP) is 1.84. The van der Waals surface area contributed by atoms with Crippen LogP contribution in [-0.4, -0.2) is 73.5 Å². The molecule has 0 aromatic heterocycles. The SMILES string of the molecule is CCNC(=NCC1(O)CCSC1)N(C)CCOc1ccc(OC)cc1. The fourth-order valence-electron chi connectivity index (χ4n) is 2.49. The Kier molecular flexibility index (Phi) is 7.71. The van der Waals surface area contributed by atoms with Crippen molar-refractivity contribution in [1.29, 1.82) is 0 Å². The van der Waals surface area contributed by atoms with E-state index in [9.17, 15) is 5.11 Å². The first kappa shape index (κ1) is 19.7. The van der Waals surface area contributed by atoms with Gasteiger partial charge < -0.3 is 24.8 Å². The molecule has 1 atom stereocenters. The van der Waals surface area contributed by atoms with Gasteiger partial charge in [-0.05, 0) is 43.4 Å². The first-order chi connectivity index (χ1) is 12.1. The Labute approximate surface area is 154 Å². The Morgan fingerprint density at radius 2 is 2.08 bits per heavy atom. The second-order valence-electron chi connectivity index (χ2n) is 6.14. The van der Waals surface area contributed by atoms with Crippen LogP contribution in [0, 0.1) is 0 Å². The number of guanidine groups is 1. The van der Waals surface area contributed by atoms with Crippen LogP contribution in [0.4, 0.5) is 0 Å². The molecule has 1 aliphatic heterocycles. The second-order valence-corrected chi connectivity index (χ2v) is 7.25. The number of thioether (sulfide) groups is 1. The summed E-state index contributed by atoms with van der Waals surface area (Å²) in [7, 11) is 3.62. The summed E-state index contributed by atoms with van der Waals surface area (Å²) < 4.78 is 10.9. The molecule has 0 spiro atoms. The molecule has 1 unspecified atom stereocenters. The lowest BCUT2D eigenvalue weighted by Crippen LogP contribution is -2.42. The van der Waals surface area contributed by atoms with Gasteiger partial charge in [-0.15, -0.1) is 0 Å². The number of methoxy groups -OCH3 is 1. The molecule has 2 N–H and O–H groups in total. The number of hydrogen-bond donors (Lipinski definition) is 2. The smallest absolute Gasteiger partial charge is 0.193 e. The highest BCUT2D eigenvalue weighted by Crippen LogP contribution is 2.27. The summed E-state index contributed by atoms with van der Waals surface area (Å²) in [4.78, 5) is 6.64. The Balaban J connectivity index is 1.83. The number of nitrogens with zero attached hydrogens (tertiary/aromatic N) is 2. The van der Waals surface area contributed by atoms with E-state index in [0.29, 0.717) is 19.7 Å². The fourth-order valence-corrected chi connectivity index (χ4v) is 3.78. The molecule has 0 amide bonds. The molecule has 1 aromatic rings. The molecule has 0 bridgehead atoms. The summed E-state index contributed by atoms with van der Waals surface area (Å²) in [6.07, 6.45) is 0.810. The highest BCUT2D eigenvalue weighted by Gasteiger charge is 2.31. The molecule has 6 nitrogen and oxygen atoms in total. The van der Waals surface area contributed by atoms with Crippen LogP contribution in [0.25, 0.3) is 0 Å². The van der Waals surface area contributed by atoms with E-state index in [1.165, 1.54) is 0 Å². The molecule has 1 aromatic carbocycles. The molecule has 1 aliphatic rings. The van der Waals surface area contributed by atoms with E-state index < -0.39 is 5.60 Å². The summed E-state index contributed by atoms with van der Waals surface area (Å²) in [5.41, 5.74) is -0.661. The van der Waals surface area contributed by atoms with Crippen LogP contribution >= 0.6 is 11.8 Å². The molecule has 1 fully saturated rings. The normalized spacial score (nSPS) is 20.4. The zero-order chi connectivity index (χ0) is 18.1. The maximum Gasteiger partial charge on any atom is 0.193 e. The number of rotatable bonds is 8. The number of ether oxygens (including phenoxy) is 2. The van der Waals surface area contributed by atoms with Gasteiger partial charge in [0.1, 0.15) is 18.1 Å². The largest absolute Gasteiger partial charge is 0.497 e. The molecule has 25 heavy (non-hydrogen) atoms. The zero-order valence-electron chi connectivity index (χ0n) is 15.3. The molecule has 0 aliphatic carbocycles. The van der Waals surface area contributed by atoms with Crippen molar-refractivity contribution < 1.29 is 14.6 Å². The number of aliphatic imine (C=N–C) groups is 1. The molecule has 1 saturated heterocycles. The van der Waals surface area contributed by atoms with Crippen LogP contribution in [0.15, 0.2) is 29.3 Å². The van der Waals surface area contributed by atoms with Crippen molar-refractivity contribution >= 4 is 17.7 Å². The maximum absolute atomic E-state index is 10.4. The van der Waals surface area contributed by atoms with Gasteiger partial charge in [-0.25, -0.2) is 0 Å². The minimum Gasteiger partial charge on any atom is -0.497 e. The van der Waals surface area contributed by atoms with Gasteiger partial charge in [-0.3, -0.25) is 4.99 Å². The molecular formula is C18H29N3O3S. The Bertz CT molecular complexity index is 545. The third-order valence-electron chi connectivity index (χ3n) is 4.06. The van der Waals surface area contributed by atoms with Crippen LogP contribution in [0.2, 0.25) is 0 Å². The number of hydrogen-bond acceptors (Lipinski definition) is 5. The van der Waals surface area contributed by atoms with E-state index >= 15 is 0 Å². The van der Waals surface area contributed by atoms with Gasteiger partial charge in [-0.2, -0.15) is 11.8 Å². The maximum atomic E-state index is 10.4. The summed E-state index contributed by atoms with van der Waals surface area (Å²) in [5, 5.41) is 13.7. The van der Waals surface area contributed by atoms with Crippen molar-refractivity contribution in [3.63, 3.8) is 0 Å². The van der Waals surface area contributed by atoms with Crippen molar-refractivity contribution in [2.75, 3.05) is 51.9 Å². The molecular weight excluding hydrogens is 338 g/mol. The van der Waals surface area contributed by atoms with Crippen LogP contribution in [0.3, 0.4) is 0 Å². The van der Waals surface area contributed by atoms with Crippen molar-refractivity contribution in [2.45, 2.75) is 18.9 Å². The van der Waals surface area contributed by atoms with Crippen molar-refractivity contribution in [2.24, 2.45) is 4.99 Å². The van der Waals surface area contributed by atoms with Crippen molar-refractivity contribution in [3.8, 4) is 11.5 Å². The van der Waals surface area contributed by atoms with Crippen molar-refractivity contribution in [3.05, 3.63) is 24.3 Å². The summed E-state index contributed by atoms with van der Waals surface area (Å²) >= 11 is 1.79. The van der Waals surface area contributed by atoms with E-state index in [-0.39, 0.29) is 0 Å². The fraction of sp³-hybridized carbons (Fsp3) is 0.611. The first-order valence-corrected chi connectivity index (χ1v) is 9.78. The van der Waals surface area contributed by atoms with E-state index in [4.69, 9.17) is 9.47 Å². The lowest BCUT2D eigenvalue weighted by Gasteiger charge is -2.24. The third kappa shape index (κ3) is 6.32. The molecule has 7 heteroatoms. The van der Waals surface area contributed by atoms with E-state index in [1.807, 2.05) is 43.1 Å². The van der Waals surface area contributed by atoms with Gasteiger partial charge in [0.25, 0.3) is 0 Å². The first-order valence-electron chi connectivity index (χ1n) is 8.63. The number of aliphatic hydroxyl groups is 1. The highest BCUT2D eigenvalue weighted by molar-refractivity contribution is 7.99. The van der Waals surface area contributed by atoms with Gasteiger partial charge in [0.15, 0.2) is 5.96 Å². The zero-order valence-corrected chi connectivity index (χ0v) is 16.1. The van der Waals surface area contributed by atoms with Gasteiger partial charge in [-0.1, -0.05) is 0 Å². The average Bonchev–Trinajstić information content (AvgIpc) is 3.06. The number of likely N-dealkylation sites (N-methyl/N-ethyl adjacent to an activating group) is 1. The lowest BCUT2D eigenvalue weighted by molar-refractivity contribution is 0.0776. The minimum absolute atomic E-state index is 0.437. The molecule has 0 saturated carbocycles. The van der Waals surface area contributed by atoms with Crippen LogP contribution < -0.4 is 14.8 Å². The van der Waals surface area contributed by atoms with Crippen LogP contribution in [-0.2, 0) is 0 Å². The van der Waals surface area contributed by atoms with Gasteiger partial charge in [0, 0.05) is 19.3 Å². The van der Waals surface area contributed by atoms with E-state index in [1.54, 1.807) is 18.9 Å². The van der Waals surface area contributed by atoms with Gasteiger partial charge in [0.2, 0.25) is 0 Å². The summed E-state index contributed by atoms with van der Waals surface area (Å²) in [6, 6.07) is 7.55. The van der Waals surface area contributed by atoms with E-state index in [2.05, 4.69) is 10.3 Å². The Morgan fingerprint density at radius 1 is 1.36 bits per heavy atom. The van der Waals surface area contributed by atoms with Gasteiger partial charge >= 0.3 is 0 Å². The van der Waals surface area contributed by atoms with Crippen LogP contribution in [0.5, 0.6) is 11.5 Å².